The van der Waals surface area contributed by atoms with Crippen molar-refractivity contribution in [1.82, 2.24) is 5.32 Å². The van der Waals surface area contributed by atoms with E-state index in [-0.39, 0.29) is 5.91 Å². The van der Waals surface area contributed by atoms with Crippen LogP contribution in [0.15, 0.2) is 42.5 Å². The topological polar surface area (TPSA) is 44.4 Å². The van der Waals surface area contributed by atoms with Gasteiger partial charge in [0.1, 0.15) is 0 Å². The molecule has 1 aliphatic rings. The number of carbonyl (C=O) groups is 1. The van der Waals surface area contributed by atoms with E-state index < -0.39 is 0 Å². The van der Waals surface area contributed by atoms with E-state index in [2.05, 4.69) is 41.5 Å². The van der Waals surface area contributed by atoms with Crippen LogP contribution >= 0.6 is 0 Å². The van der Waals surface area contributed by atoms with Crippen molar-refractivity contribution >= 4 is 17.3 Å². The van der Waals surface area contributed by atoms with Crippen LogP contribution in [0.1, 0.15) is 54.6 Å². The molecule has 1 saturated heterocycles. The molecule has 2 aromatic carbocycles. The summed E-state index contributed by atoms with van der Waals surface area (Å²) in [6, 6.07) is 15.4. The first-order valence-electron chi connectivity index (χ1n) is 10.5. The number of aryl methyl sites for hydroxylation is 2. The summed E-state index contributed by atoms with van der Waals surface area (Å²) in [6.07, 6.45) is 3.53. The van der Waals surface area contributed by atoms with Crippen molar-refractivity contribution in [2.75, 3.05) is 23.3 Å². The molecule has 2 N–H and O–H groups in total. The van der Waals surface area contributed by atoms with Crippen LogP contribution in [-0.4, -0.2) is 31.1 Å². The van der Waals surface area contributed by atoms with Crippen molar-refractivity contribution in [2.45, 2.75) is 59.0 Å². The third kappa shape index (κ3) is 5.14. The van der Waals surface area contributed by atoms with E-state index in [1.54, 1.807) is 0 Å². The Morgan fingerprint density at radius 3 is 2.39 bits per heavy atom. The molecule has 0 radical (unpaired) electrons. The molecule has 3 rings (SSSR count). The Bertz CT molecular complexity index is 792. The third-order valence-corrected chi connectivity index (χ3v) is 5.74. The van der Waals surface area contributed by atoms with Crippen LogP contribution < -0.4 is 15.5 Å². The molecule has 1 aliphatic heterocycles. The Balaban J connectivity index is 1.56. The van der Waals surface area contributed by atoms with Crippen molar-refractivity contribution in [2.24, 2.45) is 0 Å². The third-order valence-electron chi connectivity index (χ3n) is 5.74. The number of hydrogen-bond donors (Lipinski definition) is 2. The van der Waals surface area contributed by atoms with Gasteiger partial charge in [0.05, 0.1) is 0 Å². The molecule has 1 heterocycles. The van der Waals surface area contributed by atoms with E-state index in [1.165, 1.54) is 30.5 Å². The van der Waals surface area contributed by atoms with Crippen LogP contribution in [0.3, 0.4) is 0 Å². The monoisotopic (exact) mass is 379 g/mol. The van der Waals surface area contributed by atoms with Crippen LogP contribution in [0.4, 0.5) is 11.4 Å². The van der Waals surface area contributed by atoms with E-state index in [9.17, 15) is 4.79 Å². The van der Waals surface area contributed by atoms with Crippen molar-refractivity contribution in [1.29, 1.82) is 0 Å². The molecule has 1 fully saturated rings. The number of carbonyl (C=O) groups excluding carboxylic acids is 1. The van der Waals surface area contributed by atoms with Crippen molar-refractivity contribution in [3.05, 3.63) is 59.2 Å². The highest BCUT2D eigenvalue weighted by Gasteiger charge is 2.20. The highest BCUT2D eigenvalue weighted by atomic mass is 16.1. The summed E-state index contributed by atoms with van der Waals surface area (Å²) < 4.78 is 0. The van der Waals surface area contributed by atoms with Gasteiger partial charge in [-0.25, -0.2) is 0 Å². The fourth-order valence-electron chi connectivity index (χ4n) is 3.85. The minimum Gasteiger partial charge on any atom is -0.371 e. The zero-order valence-electron chi connectivity index (χ0n) is 17.6. The summed E-state index contributed by atoms with van der Waals surface area (Å²) >= 11 is 0. The highest BCUT2D eigenvalue weighted by molar-refractivity contribution is 6.05. The molecule has 0 saturated carbocycles. The maximum atomic E-state index is 12.6. The van der Waals surface area contributed by atoms with Crippen LogP contribution in [0.25, 0.3) is 0 Å². The van der Waals surface area contributed by atoms with Crippen LogP contribution in [-0.2, 0) is 0 Å². The predicted octanol–water partition coefficient (Wildman–Crippen LogP) is 4.91. The summed E-state index contributed by atoms with van der Waals surface area (Å²) in [5, 5.41) is 6.74. The van der Waals surface area contributed by atoms with E-state index in [0.29, 0.717) is 12.1 Å². The molecule has 150 valence electrons. The lowest BCUT2D eigenvalue weighted by Crippen LogP contribution is -2.45. The molecule has 4 heteroatoms. The number of rotatable bonds is 6. The van der Waals surface area contributed by atoms with Gasteiger partial charge in [-0.15, -0.1) is 0 Å². The minimum atomic E-state index is -0.0535. The summed E-state index contributed by atoms with van der Waals surface area (Å²) in [6.45, 7) is 10.6. The number of nitrogens with zero attached hydrogens (tertiary/aromatic N) is 1. The molecule has 0 aromatic heterocycles. The molecule has 1 atom stereocenters. The van der Waals surface area contributed by atoms with E-state index >= 15 is 0 Å². The standard InChI is InChI=1S/C24H33N3O/c1-5-19(4)25-21-12-14-27(15-13-21)22-9-7-20(8-10-22)26-24(28)23-11-6-17(2)16-18(23)3/h6-11,16,19,21,25H,5,12-15H2,1-4H3,(H,26,28)/t19-/m0/s1. The second-order valence-corrected chi connectivity index (χ2v) is 8.06. The lowest BCUT2D eigenvalue weighted by Gasteiger charge is -2.35. The van der Waals surface area contributed by atoms with Gasteiger partial charge in [-0.1, -0.05) is 24.6 Å². The van der Waals surface area contributed by atoms with Gasteiger partial charge in [-0.3, -0.25) is 4.79 Å². The van der Waals surface area contributed by atoms with E-state index in [1.807, 2.05) is 44.2 Å². The van der Waals surface area contributed by atoms with Crippen LogP contribution in [0.2, 0.25) is 0 Å². The zero-order valence-corrected chi connectivity index (χ0v) is 17.6. The number of hydrogen-bond acceptors (Lipinski definition) is 3. The Hall–Kier alpha value is -2.33. The van der Waals surface area contributed by atoms with Gasteiger partial charge in [0.2, 0.25) is 0 Å². The normalized spacial score (nSPS) is 16.1. The molecule has 1 amide bonds. The zero-order chi connectivity index (χ0) is 20.1. The minimum absolute atomic E-state index is 0.0535. The lowest BCUT2D eigenvalue weighted by atomic mass is 10.0. The van der Waals surface area contributed by atoms with Gasteiger partial charge in [0, 0.05) is 42.1 Å². The largest absolute Gasteiger partial charge is 0.371 e. The number of benzene rings is 2. The fourth-order valence-corrected chi connectivity index (χ4v) is 3.85. The number of nitrogens with one attached hydrogen (secondary N) is 2. The molecular weight excluding hydrogens is 346 g/mol. The average molecular weight is 380 g/mol. The first kappa shape index (κ1) is 20.4. The first-order chi connectivity index (χ1) is 13.5. The van der Waals surface area contributed by atoms with Gasteiger partial charge >= 0.3 is 0 Å². The Morgan fingerprint density at radius 1 is 1.11 bits per heavy atom. The highest BCUT2D eigenvalue weighted by Crippen LogP contribution is 2.23. The molecule has 28 heavy (non-hydrogen) atoms. The second-order valence-electron chi connectivity index (χ2n) is 8.06. The molecule has 2 aromatic rings. The van der Waals surface area contributed by atoms with E-state index in [0.717, 1.165) is 29.9 Å². The van der Waals surface area contributed by atoms with Crippen molar-refractivity contribution < 1.29 is 4.79 Å². The molecule has 0 aliphatic carbocycles. The van der Waals surface area contributed by atoms with Gasteiger partial charge in [0.25, 0.3) is 5.91 Å². The number of piperidine rings is 1. The summed E-state index contributed by atoms with van der Waals surface area (Å²) in [5.74, 6) is -0.0535. The lowest BCUT2D eigenvalue weighted by molar-refractivity contribution is 0.102. The molecule has 0 unspecified atom stereocenters. The molecule has 0 bridgehead atoms. The number of amides is 1. The van der Waals surface area contributed by atoms with Crippen molar-refractivity contribution in [3.8, 4) is 0 Å². The molecule has 0 spiro atoms. The fraction of sp³-hybridized carbons (Fsp3) is 0.458. The summed E-state index contributed by atoms with van der Waals surface area (Å²) in [7, 11) is 0. The second kappa shape index (κ2) is 9.24. The SMILES string of the molecule is CC[C@H](C)NC1CCN(c2ccc(NC(=O)c3ccc(C)cc3C)cc2)CC1. The van der Waals surface area contributed by atoms with Crippen LogP contribution in [0, 0.1) is 13.8 Å². The smallest absolute Gasteiger partial charge is 0.255 e. The Morgan fingerprint density at radius 2 is 1.79 bits per heavy atom. The van der Waals surface area contributed by atoms with E-state index in [4.69, 9.17) is 0 Å². The first-order valence-corrected chi connectivity index (χ1v) is 10.5. The number of anilines is 2. The Labute approximate surface area is 169 Å². The maximum Gasteiger partial charge on any atom is 0.255 e. The predicted molar refractivity (Wildman–Crippen MR) is 118 cm³/mol. The van der Waals surface area contributed by atoms with Crippen molar-refractivity contribution in [3.63, 3.8) is 0 Å². The van der Waals surface area contributed by atoms with Gasteiger partial charge < -0.3 is 15.5 Å². The van der Waals surface area contributed by atoms with Gasteiger partial charge in [-0.2, -0.15) is 0 Å². The Kier molecular flexibility index (Phi) is 6.74. The maximum absolute atomic E-state index is 12.6. The average Bonchev–Trinajstić information content (AvgIpc) is 2.69. The van der Waals surface area contributed by atoms with Gasteiger partial charge in [0.15, 0.2) is 0 Å². The van der Waals surface area contributed by atoms with Gasteiger partial charge in [-0.05, 0) is 75.9 Å². The summed E-state index contributed by atoms with van der Waals surface area (Å²) in [4.78, 5) is 15.0. The summed E-state index contributed by atoms with van der Waals surface area (Å²) in [5.41, 5.74) is 4.96. The molecule has 4 nitrogen and oxygen atoms in total. The van der Waals surface area contributed by atoms with Crippen LogP contribution in [0.5, 0.6) is 0 Å². The quantitative estimate of drug-likeness (QED) is 0.749. The molecular formula is C24H33N3O.